The van der Waals surface area contributed by atoms with Crippen molar-refractivity contribution in [3.8, 4) is 0 Å². The summed E-state index contributed by atoms with van der Waals surface area (Å²) in [4.78, 5) is 8.39. The maximum Gasteiger partial charge on any atom is 0.180 e. The standard InChI is InChI=1S/C12H21N3S/c1-2-3-4-7-15-8-5-10-11(6-9-15)16-12(13)14-10/h2-9H2,1H3,(H2,13,14). The van der Waals surface area contributed by atoms with Crippen molar-refractivity contribution in [3.63, 3.8) is 0 Å². The number of hydrogen-bond donors (Lipinski definition) is 1. The van der Waals surface area contributed by atoms with Gasteiger partial charge in [0.05, 0.1) is 5.69 Å². The predicted molar refractivity (Wildman–Crippen MR) is 69.9 cm³/mol. The Morgan fingerprint density at radius 1 is 1.31 bits per heavy atom. The van der Waals surface area contributed by atoms with Gasteiger partial charge in [-0.15, -0.1) is 11.3 Å². The zero-order valence-corrected chi connectivity index (χ0v) is 10.9. The Hall–Kier alpha value is -0.610. The van der Waals surface area contributed by atoms with Gasteiger partial charge >= 0.3 is 0 Å². The molecule has 1 aliphatic rings. The lowest BCUT2D eigenvalue weighted by molar-refractivity contribution is 0.280. The molecule has 2 N–H and O–H groups in total. The van der Waals surface area contributed by atoms with E-state index in [9.17, 15) is 0 Å². The van der Waals surface area contributed by atoms with Crippen LogP contribution < -0.4 is 5.73 Å². The average Bonchev–Trinajstić information content (AvgIpc) is 2.52. The highest BCUT2D eigenvalue weighted by Gasteiger charge is 2.16. The number of unbranched alkanes of at least 4 members (excludes halogenated alkanes) is 2. The van der Waals surface area contributed by atoms with E-state index in [0.717, 1.165) is 24.5 Å². The minimum absolute atomic E-state index is 0.740. The molecule has 0 radical (unpaired) electrons. The lowest BCUT2D eigenvalue weighted by Gasteiger charge is -2.19. The molecule has 1 aromatic heterocycles. The van der Waals surface area contributed by atoms with Gasteiger partial charge in [0.2, 0.25) is 0 Å². The zero-order chi connectivity index (χ0) is 11.4. The molecule has 0 aromatic carbocycles. The van der Waals surface area contributed by atoms with Crippen LogP contribution in [-0.4, -0.2) is 29.5 Å². The Morgan fingerprint density at radius 3 is 2.94 bits per heavy atom. The van der Waals surface area contributed by atoms with Crippen molar-refractivity contribution < 1.29 is 0 Å². The molecule has 0 bridgehead atoms. The molecule has 2 rings (SSSR count). The van der Waals surface area contributed by atoms with Crippen molar-refractivity contribution in [3.05, 3.63) is 10.6 Å². The highest BCUT2D eigenvalue weighted by Crippen LogP contribution is 2.24. The SMILES string of the molecule is CCCCCN1CCc2nc(N)sc2CC1. The maximum absolute atomic E-state index is 5.74. The third-order valence-corrected chi connectivity index (χ3v) is 4.18. The van der Waals surface area contributed by atoms with Gasteiger partial charge in [-0.05, 0) is 19.4 Å². The number of rotatable bonds is 4. The van der Waals surface area contributed by atoms with E-state index in [1.54, 1.807) is 11.3 Å². The number of nitrogens with two attached hydrogens (primary N) is 1. The van der Waals surface area contributed by atoms with Gasteiger partial charge in [-0.3, -0.25) is 0 Å². The monoisotopic (exact) mass is 239 g/mol. The van der Waals surface area contributed by atoms with Gasteiger partial charge < -0.3 is 10.6 Å². The third-order valence-electron chi connectivity index (χ3n) is 3.19. The molecule has 0 saturated carbocycles. The van der Waals surface area contributed by atoms with Crippen LogP contribution in [0.1, 0.15) is 36.8 Å². The molecule has 0 atom stereocenters. The Morgan fingerprint density at radius 2 is 2.12 bits per heavy atom. The van der Waals surface area contributed by atoms with E-state index in [1.807, 2.05) is 0 Å². The van der Waals surface area contributed by atoms with Crippen molar-refractivity contribution >= 4 is 16.5 Å². The second-order valence-electron chi connectivity index (χ2n) is 4.47. The fourth-order valence-corrected chi connectivity index (χ4v) is 3.11. The predicted octanol–water partition coefficient (Wildman–Crippen LogP) is 2.32. The molecule has 0 spiro atoms. The first-order chi connectivity index (χ1) is 7.79. The number of anilines is 1. The molecule has 0 fully saturated rings. The van der Waals surface area contributed by atoms with Gasteiger partial charge in [-0.2, -0.15) is 0 Å². The fourth-order valence-electron chi connectivity index (χ4n) is 2.24. The summed E-state index contributed by atoms with van der Waals surface area (Å²) in [5, 5.41) is 0.740. The summed E-state index contributed by atoms with van der Waals surface area (Å²) in [6.07, 6.45) is 6.20. The molecule has 16 heavy (non-hydrogen) atoms. The van der Waals surface area contributed by atoms with Crippen LogP contribution in [0.3, 0.4) is 0 Å². The molecule has 90 valence electrons. The molecule has 1 aliphatic heterocycles. The fraction of sp³-hybridized carbons (Fsp3) is 0.750. The number of aromatic nitrogens is 1. The van der Waals surface area contributed by atoms with Crippen molar-refractivity contribution in [1.82, 2.24) is 9.88 Å². The van der Waals surface area contributed by atoms with Crippen LogP contribution in [0.4, 0.5) is 5.13 Å². The van der Waals surface area contributed by atoms with E-state index in [4.69, 9.17) is 5.73 Å². The molecule has 0 saturated heterocycles. The van der Waals surface area contributed by atoms with Crippen molar-refractivity contribution in [2.75, 3.05) is 25.4 Å². The van der Waals surface area contributed by atoms with Crippen LogP contribution in [-0.2, 0) is 12.8 Å². The second kappa shape index (κ2) is 5.64. The minimum atomic E-state index is 0.740. The number of nitrogen functional groups attached to an aromatic ring is 1. The Kier molecular flexibility index (Phi) is 4.18. The summed E-state index contributed by atoms with van der Waals surface area (Å²) in [7, 11) is 0. The summed E-state index contributed by atoms with van der Waals surface area (Å²) in [6, 6.07) is 0. The lowest BCUT2D eigenvalue weighted by atomic mass is 10.2. The van der Waals surface area contributed by atoms with E-state index in [2.05, 4.69) is 16.8 Å². The Bertz CT molecular complexity index is 310. The van der Waals surface area contributed by atoms with Crippen LogP contribution in [0, 0.1) is 0 Å². The third kappa shape index (κ3) is 2.95. The number of thiazole rings is 1. The van der Waals surface area contributed by atoms with Crippen LogP contribution in [0.15, 0.2) is 0 Å². The van der Waals surface area contributed by atoms with Gasteiger partial charge in [-0.1, -0.05) is 19.8 Å². The van der Waals surface area contributed by atoms with Gasteiger partial charge in [0.1, 0.15) is 0 Å². The molecule has 0 unspecified atom stereocenters. The molecule has 1 aromatic rings. The van der Waals surface area contributed by atoms with E-state index in [-0.39, 0.29) is 0 Å². The normalized spacial score (nSPS) is 17.1. The number of hydrogen-bond acceptors (Lipinski definition) is 4. The largest absolute Gasteiger partial charge is 0.375 e. The van der Waals surface area contributed by atoms with E-state index < -0.39 is 0 Å². The summed E-state index contributed by atoms with van der Waals surface area (Å²) < 4.78 is 0. The number of fused-ring (bicyclic) bond motifs is 1. The maximum atomic E-state index is 5.74. The topological polar surface area (TPSA) is 42.2 Å². The lowest BCUT2D eigenvalue weighted by Crippen LogP contribution is -2.27. The Labute approximate surface area is 102 Å². The van der Waals surface area contributed by atoms with Crippen molar-refractivity contribution in [2.45, 2.75) is 39.0 Å². The highest BCUT2D eigenvalue weighted by molar-refractivity contribution is 7.15. The van der Waals surface area contributed by atoms with Gasteiger partial charge in [0.25, 0.3) is 0 Å². The molecule has 0 amide bonds. The zero-order valence-electron chi connectivity index (χ0n) is 10.0. The summed E-state index contributed by atoms with van der Waals surface area (Å²) in [5.41, 5.74) is 6.99. The second-order valence-corrected chi connectivity index (χ2v) is 5.59. The summed E-state index contributed by atoms with van der Waals surface area (Å²) in [6.45, 7) is 5.84. The van der Waals surface area contributed by atoms with E-state index in [1.165, 1.54) is 42.9 Å². The van der Waals surface area contributed by atoms with Gasteiger partial charge in [0, 0.05) is 24.4 Å². The van der Waals surface area contributed by atoms with Crippen molar-refractivity contribution in [1.29, 1.82) is 0 Å². The van der Waals surface area contributed by atoms with E-state index in [0.29, 0.717) is 0 Å². The Balaban J connectivity index is 1.85. The van der Waals surface area contributed by atoms with Crippen molar-refractivity contribution in [2.24, 2.45) is 0 Å². The molecule has 3 nitrogen and oxygen atoms in total. The number of nitrogens with zero attached hydrogens (tertiary/aromatic N) is 2. The van der Waals surface area contributed by atoms with E-state index >= 15 is 0 Å². The van der Waals surface area contributed by atoms with Gasteiger partial charge in [-0.25, -0.2) is 4.98 Å². The first-order valence-electron chi connectivity index (χ1n) is 6.26. The van der Waals surface area contributed by atoms with Crippen LogP contribution in [0.2, 0.25) is 0 Å². The van der Waals surface area contributed by atoms with Crippen LogP contribution >= 0.6 is 11.3 Å². The molecular weight excluding hydrogens is 218 g/mol. The quantitative estimate of drug-likeness (QED) is 0.820. The van der Waals surface area contributed by atoms with Gasteiger partial charge in [0.15, 0.2) is 5.13 Å². The van der Waals surface area contributed by atoms with Crippen LogP contribution in [0.25, 0.3) is 0 Å². The smallest absolute Gasteiger partial charge is 0.180 e. The molecule has 2 heterocycles. The molecule has 4 heteroatoms. The molecule has 0 aliphatic carbocycles. The first kappa shape index (κ1) is 11.9. The highest BCUT2D eigenvalue weighted by atomic mass is 32.1. The summed E-state index contributed by atoms with van der Waals surface area (Å²) in [5.74, 6) is 0. The molecular formula is C12H21N3S. The van der Waals surface area contributed by atoms with Crippen LogP contribution in [0.5, 0.6) is 0 Å². The first-order valence-corrected chi connectivity index (χ1v) is 7.07. The minimum Gasteiger partial charge on any atom is -0.375 e. The average molecular weight is 239 g/mol. The summed E-state index contributed by atoms with van der Waals surface area (Å²) >= 11 is 1.67.